The van der Waals surface area contributed by atoms with E-state index >= 15 is 0 Å². The molecule has 0 radical (unpaired) electrons. The van der Waals surface area contributed by atoms with Crippen molar-refractivity contribution in [1.82, 2.24) is 19.9 Å². The molecule has 0 aliphatic rings. The van der Waals surface area contributed by atoms with Gasteiger partial charge in [-0.2, -0.15) is 10.5 Å². The summed E-state index contributed by atoms with van der Waals surface area (Å²) in [5.74, 6) is 0.108. The average molecular weight is 476 g/mol. The van der Waals surface area contributed by atoms with E-state index in [0.717, 1.165) is 0 Å². The fraction of sp³-hybridized carbons (Fsp3) is 0.148. The Morgan fingerprint density at radius 1 is 1.00 bits per heavy atom. The highest BCUT2D eigenvalue weighted by molar-refractivity contribution is 6.04. The molecule has 0 saturated carbocycles. The number of carbonyl (C=O) groups is 1. The molecule has 0 bridgehead atoms. The van der Waals surface area contributed by atoms with Crippen LogP contribution in [-0.2, 0) is 5.41 Å². The number of hydrogen-bond acceptors (Lipinski definition) is 8. The van der Waals surface area contributed by atoms with Crippen LogP contribution in [-0.4, -0.2) is 25.8 Å². The van der Waals surface area contributed by atoms with Gasteiger partial charge >= 0.3 is 0 Å². The zero-order valence-electron chi connectivity index (χ0n) is 19.9. The number of rotatable bonds is 6. The van der Waals surface area contributed by atoms with E-state index in [0.29, 0.717) is 39.6 Å². The second-order valence-electron chi connectivity index (χ2n) is 8.44. The normalized spacial score (nSPS) is 10.7. The summed E-state index contributed by atoms with van der Waals surface area (Å²) in [4.78, 5) is 29.9. The SMILES string of the molecule is Cc1ncc(NC(=O)c2ccnc(C(C)(C)C#N)c2)cc1-c1cnc(Oc2ccccn2)c(C#N)c1. The van der Waals surface area contributed by atoms with Crippen LogP contribution in [0.15, 0.2) is 67.3 Å². The van der Waals surface area contributed by atoms with Crippen molar-refractivity contribution < 1.29 is 9.53 Å². The molecular weight excluding hydrogens is 454 g/mol. The molecular formula is C27H21N7O2. The van der Waals surface area contributed by atoms with Crippen LogP contribution < -0.4 is 10.1 Å². The fourth-order valence-corrected chi connectivity index (χ4v) is 3.34. The van der Waals surface area contributed by atoms with Crippen molar-refractivity contribution in [3.05, 3.63) is 89.8 Å². The number of pyridine rings is 4. The quantitative estimate of drug-likeness (QED) is 0.413. The molecule has 4 heterocycles. The summed E-state index contributed by atoms with van der Waals surface area (Å²) in [7, 11) is 0. The van der Waals surface area contributed by atoms with Gasteiger partial charge < -0.3 is 10.1 Å². The molecule has 4 aromatic heterocycles. The Morgan fingerprint density at radius 3 is 2.56 bits per heavy atom. The van der Waals surface area contributed by atoms with E-state index < -0.39 is 5.41 Å². The first-order chi connectivity index (χ1) is 17.3. The zero-order valence-corrected chi connectivity index (χ0v) is 19.9. The van der Waals surface area contributed by atoms with Gasteiger partial charge in [0, 0.05) is 47.0 Å². The first kappa shape index (κ1) is 24.0. The van der Waals surface area contributed by atoms with Gasteiger partial charge in [-0.1, -0.05) is 6.07 Å². The van der Waals surface area contributed by atoms with Crippen molar-refractivity contribution in [2.75, 3.05) is 5.32 Å². The third-order valence-electron chi connectivity index (χ3n) is 5.41. The highest BCUT2D eigenvalue weighted by atomic mass is 16.5. The van der Waals surface area contributed by atoms with E-state index in [9.17, 15) is 15.3 Å². The average Bonchev–Trinajstić information content (AvgIpc) is 2.90. The molecule has 0 aliphatic heterocycles. The fourth-order valence-electron chi connectivity index (χ4n) is 3.34. The monoisotopic (exact) mass is 475 g/mol. The Bertz CT molecular complexity index is 1520. The van der Waals surface area contributed by atoms with Crippen LogP contribution in [0, 0.1) is 29.6 Å². The van der Waals surface area contributed by atoms with Crippen LogP contribution in [0.3, 0.4) is 0 Å². The lowest BCUT2D eigenvalue weighted by molar-refractivity contribution is 0.102. The smallest absolute Gasteiger partial charge is 0.255 e. The lowest BCUT2D eigenvalue weighted by Crippen LogP contribution is -2.18. The second kappa shape index (κ2) is 10.00. The van der Waals surface area contributed by atoms with E-state index in [1.54, 1.807) is 74.9 Å². The molecule has 0 saturated heterocycles. The Morgan fingerprint density at radius 2 is 1.83 bits per heavy atom. The Hall–Kier alpha value is -5.15. The largest absolute Gasteiger partial charge is 0.419 e. The van der Waals surface area contributed by atoms with Gasteiger partial charge in [0.1, 0.15) is 11.6 Å². The Balaban J connectivity index is 1.60. The van der Waals surface area contributed by atoms with Gasteiger partial charge in [-0.25, -0.2) is 9.97 Å². The highest BCUT2D eigenvalue weighted by Gasteiger charge is 2.23. The minimum Gasteiger partial charge on any atom is -0.419 e. The third kappa shape index (κ3) is 5.16. The van der Waals surface area contributed by atoms with E-state index in [1.165, 1.54) is 6.20 Å². The van der Waals surface area contributed by atoms with Crippen LogP contribution >= 0.6 is 0 Å². The van der Waals surface area contributed by atoms with Gasteiger partial charge in [0.2, 0.25) is 11.8 Å². The van der Waals surface area contributed by atoms with E-state index in [-0.39, 0.29) is 17.4 Å². The van der Waals surface area contributed by atoms with Crippen LogP contribution in [0.1, 0.15) is 41.2 Å². The molecule has 0 fully saturated rings. The van der Waals surface area contributed by atoms with Crippen molar-refractivity contribution in [2.24, 2.45) is 0 Å². The molecule has 1 N–H and O–H groups in total. The van der Waals surface area contributed by atoms with Gasteiger partial charge in [0.05, 0.1) is 29.1 Å². The first-order valence-corrected chi connectivity index (χ1v) is 11.0. The molecule has 4 aromatic rings. The molecule has 0 aromatic carbocycles. The third-order valence-corrected chi connectivity index (χ3v) is 5.41. The summed E-state index contributed by atoms with van der Waals surface area (Å²) in [5.41, 5.74) is 2.78. The van der Waals surface area contributed by atoms with Crippen LogP contribution in [0.4, 0.5) is 5.69 Å². The van der Waals surface area contributed by atoms with E-state index in [1.807, 2.05) is 6.92 Å². The van der Waals surface area contributed by atoms with Crippen molar-refractivity contribution in [3.63, 3.8) is 0 Å². The predicted octanol–water partition coefficient (Wildman–Crippen LogP) is 4.96. The van der Waals surface area contributed by atoms with Gasteiger partial charge in [0.25, 0.3) is 5.91 Å². The number of aryl methyl sites for hydroxylation is 1. The number of aromatic nitrogens is 4. The molecule has 1 amide bonds. The first-order valence-electron chi connectivity index (χ1n) is 11.0. The minimum atomic E-state index is -0.827. The Kier molecular flexibility index (Phi) is 6.66. The number of ether oxygens (including phenoxy) is 1. The number of amides is 1. The summed E-state index contributed by atoms with van der Waals surface area (Å²) in [6, 6.07) is 16.1. The molecule has 0 unspecified atom stereocenters. The van der Waals surface area contributed by atoms with Gasteiger partial charge in [0.15, 0.2) is 0 Å². The maximum Gasteiger partial charge on any atom is 0.255 e. The lowest BCUT2D eigenvalue weighted by atomic mass is 9.90. The van der Waals surface area contributed by atoms with Crippen LogP contribution in [0.2, 0.25) is 0 Å². The van der Waals surface area contributed by atoms with Gasteiger partial charge in [-0.05, 0) is 51.1 Å². The van der Waals surface area contributed by atoms with E-state index in [2.05, 4.69) is 37.4 Å². The number of nitriles is 2. The summed E-state index contributed by atoms with van der Waals surface area (Å²) in [5, 5.41) is 21.9. The predicted molar refractivity (Wildman–Crippen MR) is 132 cm³/mol. The molecule has 0 atom stereocenters. The number of nitrogens with one attached hydrogen (secondary N) is 1. The minimum absolute atomic E-state index is 0.142. The topological polar surface area (TPSA) is 137 Å². The number of carbonyl (C=O) groups excluding carboxylic acids is 1. The maximum atomic E-state index is 12.9. The van der Waals surface area contributed by atoms with Gasteiger partial charge in [-0.15, -0.1) is 0 Å². The maximum absolute atomic E-state index is 12.9. The van der Waals surface area contributed by atoms with Crippen molar-refractivity contribution in [3.8, 4) is 35.0 Å². The zero-order chi connectivity index (χ0) is 25.7. The molecule has 0 aliphatic carbocycles. The number of hydrogen-bond donors (Lipinski definition) is 1. The molecule has 9 heteroatoms. The standard InChI is InChI=1S/C27H21N7O2/c1-17-22(20-10-19(13-28)26(33-14-20)36-24-6-4-5-8-31-24)12-21(15-32-17)34-25(35)18-7-9-30-23(11-18)27(2,3)16-29/h4-12,14-15H,1-3H3,(H,34,35). The highest BCUT2D eigenvalue weighted by Crippen LogP contribution is 2.29. The van der Waals surface area contributed by atoms with Gasteiger partial charge in [-0.3, -0.25) is 14.8 Å². The number of anilines is 1. The molecule has 4 rings (SSSR count). The Labute approximate surface area is 208 Å². The summed E-state index contributed by atoms with van der Waals surface area (Å²) < 4.78 is 5.65. The molecule has 176 valence electrons. The van der Waals surface area contributed by atoms with Crippen LogP contribution in [0.25, 0.3) is 11.1 Å². The van der Waals surface area contributed by atoms with Crippen molar-refractivity contribution in [2.45, 2.75) is 26.2 Å². The van der Waals surface area contributed by atoms with Crippen molar-refractivity contribution >= 4 is 11.6 Å². The summed E-state index contributed by atoms with van der Waals surface area (Å²) in [6.45, 7) is 5.30. The van der Waals surface area contributed by atoms with Crippen molar-refractivity contribution in [1.29, 1.82) is 10.5 Å². The van der Waals surface area contributed by atoms with E-state index in [4.69, 9.17) is 4.74 Å². The molecule has 9 nitrogen and oxygen atoms in total. The molecule has 36 heavy (non-hydrogen) atoms. The molecule has 0 spiro atoms. The van der Waals surface area contributed by atoms with Crippen LogP contribution in [0.5, 0.6) is 11.8 Å². The summed E-state index contributed by atoms with van der Waals surface area (Å²) >= 11 is 0. The second-order valence-corrected chi connectivity index (χ2v) is 8.44. The number of nitrogens with zero attached hydrogens (tertiary/aromatic N) is 6. The lowest BCUT2D eigenvalue weighted by Gasteiger charge is -2.15. The summed E-state index contributed by atoms with van der Waals surface area (Å²) in [6.07, 6.45) is 6.22.